The molecule has 14 heavy (non-hydrogen) atoms. The molecule has 2 N–H and O–H groups in total. The van der Waals surface area contributed by atoms with Crippen molar-refractivity contribution < 1.29 is 8.42 Å². The maximum atomic E-state index is 11.7. The Morgan fingerprint density at radius 1 is 1.43 bits per heavy atom. The largest absolute Gasteiger partial charge is 0.330 e. The highest BCUT2D eigenvalue weighted by atomic mass is 32.2. The standard InChI is InChI=1S/C9H20N2O2S/c1-9(2)4-6-11(8-9)14(12,13)7-3-5-10/h3-8,10H2,1-2H3. The fourth-order valence-corrected chi connectivity index (χ4v) is 3.40. The van der Waals surface area contributed by atoms with Gasteiger partial charge in [-0.15, -0.1) is 0 Å². The van der Waals surface area contributed by atoms with Crippen LogP contribution in [-0.2, 0) is 10.0 Å². The van der Waals surface area contributed by atoms with Gasteiger partial charge in [-0.3, -0.25) is 0 Å². The average Bonchev–Trinajstić information content (AvgIpc) is 2.43. The molecule has 1 heterocycles. The average molecular weight is 220 g/mol. The van der Waals surface area contributed by atoms with E-state index < -0.39 is 10.0 Å². The van der Waals surface area contributed by atoms with Crippen LogP contribution in [-0.4, -0.2) is 38.1 Å². The Morgan fingerprint density at radius 2 is 2.07 bits per heavy atom. The van der Waals surface area contributed by atoms with Gasteiger partial charge in [-0.1, -0.05) is 13.8 Å². The van der Waals surface area contributed by atoms with Crippen molar-refractivity contribution in [1.29, 1.82) is 0 Å². The monoisotopic (exact) mass is 220 g/mol. The van der Waals surface area contributed by atoms with Gasteiger partial charge in [-0.2, -0.15) is 0 Å². The molecule has 0 amide bonds. The van der Waals surface area contributed by atoms with Crippen LogP contribution in [0.4, 0.5) is 0 Å². The number of nitrogens with two attached hydrogens (primary N) is 1. The van der Waals surface area contributed by atoms with Crippen LogP contribution in [0.2, 0.25) is 0 Å². The van der Waals surface area contributed by atoms with E-state index in [-0.39, 0.29) is 11.2 Å². The molecule has 1 fully saturated rings. The van der Waals surface area contributed by atoms with Crippen molar-refractivity contribution in [3.63, 3.8) is 0 Å². The lowest BCUT2D eigenvalue weighted by Gasteiger charge is -2.19. The highest BCUT2D eigenvalue weighted by Crippen LogP contribution is 2.30. The number of sulfonamides is 1. The smallest absolute Gasteiger partial charge is 0.214 e. The van der Waals surface area contributed by atoms with Crippen molar-refractivity contribution in [1.82, 2.24) is 4.31 Å². The number of rotatable bonds is 4. The molecule has 0 aromatic carbocycles. The van der Waals surface area contributed by atoms with Crippen molar-refractivity contribution in [2.24, 2.45) is 11.1 Å². The molecule has 1 rings (SSSR count). The number of hydrogen-bond donors (Lipinski definition) is 1. The van der Waals surface area contributed by atoms with Gasteiger partial charge < -0.3 is 5.73 Å². The summed E-state index contributed by atoms with van der Waals surface area (Å²) in [6.07, 6.45) is 1.51. The minimum atomic E-state index is -3.04. The van der Waals surface area contributed by atoms with E-state index in [9.17, 15) is 8.42 Å². The summed E-state index contributed by atoms with van der Waals surface area (Å²) in [4.78, 5) is 0. The fraction of sp³-hybridized carbons (Fsp3) is 1.00. The number of nitrogens with zero attached hydrogens (tertiary/aromatic N) is 1. The van der Waals surface area contributed by atoms with Crippen molar-refractivity contribution in [2.75, 3.05) is 25.4 Å². The first-order chi connectivity index (χ1) is 6.37. The Hall–Kier alpha value is -0.130. The first-order valence-electron chi connectivity index (χ1n) is 5.05. The van der Waals surface area contributed by atoms with Gasteiger partial charge in [0.2, 0.25) is 10.0 Å². The number of hydrogen-bond acceptors (Lipinski definition) is 3. The minimum Gasteiger partial charge on any atom is -0.330 e. The molecule has 0 spiro atoms. The highest BCUT2D eigenvalue weighted by molar-refractivity contribution is 7.89. The van der Waals surface area contributed by atoms with Crippen LogP contribution in [0.25, 0.3) is 0 Å². The Labute approximate surface area is 86.5 Å². The molecule has 0 aliphatic carbocycles. The third kappa shape index (κ3) is 2.93. The van der Waals surface area contributed by atoms with Crippen molar-refractivity contribution in [3.05, 3.63) is 0 Å². The molecule has 0 bridgehead atoms. The molecule has 0 unspecified atom stereocenters. The third-order valence-electron chi connectivity index (χ3n) is 2.64. The van der Waals surface area contributed by atoms with Crippen molar-refractivity contribution >= 4 is 10.0 Å². The zero-order chi connectivity index (χ0) is 10.8. The van der Waals surface area contributed by atoms with Crippen LogP contribution in [0, 0.1) is 5.41 Å². The first kappa shape index (κ1) is 11.9. The van der Waals surface area contributed by atoms with Gasteiger partial charge in [-0.25, -0.2) is 12.7 Å². The van der Waals surface area contributed by atoms with E-state index in [4.69, 9.17) is 5.73 Å². The lowest BCUT2D eigenvalue weighted by molar-refractivity contribution is 0.375. The Bertz CT molecular complexity index is 285. The molecule has 0 aromatic heterocycles. The lowest BCUT2D eigenvalue weighted by atomic mass is 9.93. The topological polar surface area (TPSA) is 63.4 Å². The highest BCUT2D eigenvalue weighted by Gasteiger charge is 2.35. The summed E-state index contributed by atoms with van der Waals surface area (Å²) in [5.41, 5.74) is 5.44. The van der Waals surface area contributed by atoms with E-state index >= 15 is 0 Å². The Balaban J connectivity index is 2.58. The predicted octanol–water partition coefficient (Wildman–Crippen LogP) is 0.397. The zero-order valence-electron chi connectivity index (χ0n) is 8.99. The van der Waals surface area contributed by atoms with Crippen LogP contribution in [0.5, 0.6) is 0 Å². The van der Waals surface area contributed by atoms with E-state index in [0.717, 1.165) is 6.42 Å². The van der Waals surface area contributed by atoms with Gasteiger partial charge in [-0.05, 0) is 24.8 Å². The summed E-state index contributed by atoms with van der Waals surface area (Å²) >= 11 is 0. The maximum Gasteiger partial charge on any atom is 0.214 e. The molecule has 0 radical (unpaired) electrons. The Morgan fingerprint density at radius 3 is 2.50 bits per heavy atom. The van der Waals surface area contributed by atoms with Gasteiger partial charge in [0.05, 0.1) is 5.75 Å². The second-order valence-corrected chi connectivity index (χ2v) is 6.79. The van der Waals surface area contributed by atoms with Crippen LogP contribution in [0.1, 0.15) is 26.7 Å². The first-order valence-corrected chi connectivity index (χ1v) is 6.66. The molecule has 1 aliphatic rings. The molecule has 84 valence electrons. The van der Waals surface area contributed by atoms with Gasteiger partial charge >= 0.3 is 0 Å². The lowest BCUT2D eigenvalue weighted by Crippen LogP contribution is -2.32. The van der Waals surface area contributed by atoms with E-state index in [1.165, 1.54) is 0 Å². The summed E-state index contributed by atoms with van der Waals surface area (Å²) in [6.45, 7) is 5.97. The van der Waals surface area contributed by atoms with E-state index in [1.54, 1.807) is 4.31 Å². The molecule has 0 saturated carbocycles. The molecule has 0 aromatic rings. The molecule has 1 saturated heterocycles. The van der Waals surface area contributed by atoms with Crippen LogP contribution < -0.4 is 5.73 Å². The Kier molecular flexibility index (Phi) is 3.55. The van der Waals surface area contributed by atoms with Crippen LogP contribution in [0.3, 0.4) is 0 Å². The molecular formula is C9H20N2O2S. The SMILES string of the molecule is CC1(C)CCN(S(=O)(=O)CCCN)C1. The minimum absolute atomic E-state index is 0.135. The second-order valence-electron chi connectivity index (χ2n) is 4.71. The van der Waals surface area contributed by atoms with Gasteiger partial charge in [0.25, 0.3) is 0 Å². The third-order valence-corrected chi connectivity index (χ3v) is 4.55. The summed E-state index contributed by atoms with van der Waals surface area (Å²) < 4.78 is 25.1. The normalized spacial score (nSPS) is 22.8. The molecule has 0 atom stereocenters. The molecule has 4 nitrogen and oxygen atoms in total. The summed E-state index contributed by atoms with van der Waals surface area (Å²) in [6, 6.07) is 0. The van der Waals surface area contributed by atoms with Crippen molar-refractivity contribution in [3.8, 4) is 0 Å². The van der Waals surface area contributed by atoms with E-state index in [2.05, 4.69) is 13.8 Å². The van der Waals surface area contributed by atoms with Gasteiger partial charge in [0, 0.05) is 13.1 Å². The van der Waals surface area contributed by atoms with E-state index in [1.807, 2.05) is 0 Å². The zero-order valence-corrected chi connectivity index (χ0v) is 9.81. The summed E-state index contributed by atoms with van der Waals surface area (Å²) in [5, 5.41) is 0. The second kappa shape index (κ2) is 4.16. The van der Waals surface area contributed by atoms with Crippen LogP contribution >= 0.6 is 0 Å². The van der Waals surface area contributed by atoms with Crippen LogP contribution in [0.15, 0.2) is 0 Å². The molecule has 1 aliphatic heterocycles. The van der Waals surface area contributed by atoms with Gasteiger partial charge in [0.1, 0.15) is 0 Å². The molecule has 5 heteroatoms. The fourth-order valence-electron chi connectivity index (χ4n) is 1.70. The van der Waals surface area contributed by atoms with Crippen molar-refractivity contribution in [2.45, 2.75) is 26.7 Å². The summed E-state index contributed by atoms with van der Waals surface area (Å²) in [7, 11) is -3.04. The maximum absolute atomic E-state index is 11.7. The summed E-state index contributed by atoms with van der Waals surface area (Å²) in [5.74, 6) is 0.194. The quantitative estimate of drug-likeness (QED) is 0.746. The predicted molar refractivity (Wildman–Crippen MR) is 57.4 cm³/mol. The van der Waals surface area contributed by atoms with Gasteiger partial charge in [0.15, 0.2) is 0 Å². The van der Waals surface area contributed by atoms with E-state index in [0.29, 0.717) is 26.1 Å². The molecular weight excluding hydrogens is 200 g/mol.